The second-order valence-electron chi connectivity index (χ2n) is 5.52. The average Bonchev–Trinajstić information content (AvgIpc) is 3.09. The molecule has 0 spiro atoms. The maximum absolute atomic E-state index is 12.0. The molecule has 0 saturated carbocycles. The largest absolute Gasteiger partial charge is 0.489 e. The average molecular weight is 322 g/mol. The van der Waals surface area contributed by atoms with Gasteiger partial charge in [0, 0.05) is 5.56 Å². The van der Waals surface area contributed by atoms with Gasteiger partial charge in [0.15, 0.2) is 0 Å². The fourth-order valence-electron chi connectivity index (χ4n) is 2.17. The molecule has 24 heavy (non-hydrogen) atoms. The number of H-pyrrole nitrogens is 1. The number of carbonyl (C=O) groups is 1. The second kappa shape index (κ2) is 6.95. The Balaban J connectivity index is 1.59. The molecule has 0 fully saturated rings. The number of aromatic nitrogens is 3. The van der Waals surface area contributed by atoms with E-state index < -0.39 is 0 Å². The van der Waals surface area contributed by atoms with Crippen LogP contribution in [0.4, 0.5) is 5.95 Å². The number of hydrogen-bond donors (Lipinski definition) is 2. The molecule has 1 amide bonds. The first-order chi connectivity index (χ1) is 11.6. The Kier molecular flexibility index (Phi) is 4.56. The molecule has 6 nitrogen and oxygen atoms in total. The number of hydrogen-bond acceptors (Lipinski definition) is 4. The van der Waals surface area contributed by atoms with Gasteiger partial charge >= 0.3 is 0 Å². The van der Waals surface area contributed by atoms with Crippen LogP contribution in [-0.2, 0) is 6.61 Å². The van der Waals surface area contributed by atoms with E-state index in [1.54, 1.807) is 12.1 Å². The smallest absolute Gasteiger partial charge is 0.258 e. The Labute approximate surface area is 139 Å². The van der Waals surface area contributed by atoms with E-state index >= 15 is 0 Å². The van der Waals surface area contributed by atoms with Crippen LogP contribution < -0.4 is 10.1 Å². The Hall–Kier alpha value is -3.15. The Morgan fingerprint density at radius 1 is 1.12 bits per heavy atom. The van der Waals surface area contributed by atoms with Crippen molar-refractivity contribution in [3.8, 4) is 5.75 Å². The zero-order valence-electron chi connectivity index (χ0n) is 13.5. The second-order valence-corrected chi connectivity index (χ2v) is 5.52. The molecular weight excluding hydrogens is 304 g/mol. The number of nitrogens with one attached hydrogen (secondary N) is 2. The minimum atomic E-state index is -0.242. The lowest BCUT2D eigenvalue weighted by molar-refractivity contribution is 0.102. The van der Waals surface area contributed by atoms with Gasteiger partial charge in [-0.2, -0.15) is 10.1 Å². The Morgan fingerprint density at radius 2 is 1.92 bits per heavy atom. The van der Waals surface area contributed by atoms with Gasteiger partial charge in [-0.3, -0.25) is 10.1 Å². The minimum absolute atomic E-state index is 0.242. The number of ether oxygens (including phenoxy) is 1. The van der Waals surface area contributed by atoms with Crippen molar-refractivity contribution in [2.45, 2.75) is 20.5 Å². The van der Waals surface area contributed by atoms with E-state index in [4.69, 9.17) is 4.74 Å². The van der Waals surface area contributed by atoms with Crippen molar-refractivity contribution < 1.29 is 9.53 Å². The highest BCUT2D eigenvalue weighted by Gasteiger charge is 2.07. The molecular formula is C18H18N4O2. The topological polar surface area (TPSA) is 79.9 Å². The van der Waals surface area contributed by atoms with Crippen LogP contribution in [0.2, 0.25) is 0 Å². The van der Waals surface area contributed by atoms with E-state index in [2.05, 4.69) is 34.3 Å². The summed E-state index contributed by atoms with van der Waals surface area (Å²) in [6.07, 6.45) is 1.34. The molecule has 0 unspecified atom stereocenters. The number of amides is 1. The van der Waals surface area contributed by atoms with Crippen LogP contribution in [0.1, 0.15) is 27.0 Å². The Bertz CT molecular complexity index is 827. The molecule has 3 rings (SSSR count). The highest BCUT2D eigenvalue weighted by atomic mass is 16.5. The van der Waals surface area contributed by atoms with Crippen LogP contribution in [0.3, 0.4) is 0 Å². The van der Waals surface area contributed by atoms with Gasteiger partial charge in [-0.1, -0.05) is 18.2 Å². The molecule has 1 aromatic heterocycles. The quantitative estimate of drug-likeness (QED) is 0.755. The van der Waals surface area contributed by atoms with Crippen molar-refractivity contribution in [1.29, 1.82) is 0 Å². The molecule has 0 aliphatic heterocycles. The molecule has 6 heteroatoms. The van der Waals surface area contributed by atoms with Crippen molar-refractivity contribution in [3.05, 3.63) is 71.0 Å². The SMILES string of the molecule is Cc1ccc(OCc2ccc(C(=O)Nc3ncn[nH]3)cc2)cc1C. The molecule has 2 N–H and O–H groups in total. The number of aromatic amines is 1. The van der Waals surface area contributed by atoms with Crippen molar-refractivity contribution >= 4 is 11.9 Å². The molecule has 0 aliphatic carbocycles. The summed E-state index contributed by atoms with van der Waals surface area (Å²) in [7, 11) is 0. The minimum Gasteiger partial charge on any atom is -0.489 e. The first kappa shape index (κ1) is 15.7. The fourth-order valence-corrected chi connectivity index (χ4v) is 2.17. The van der Waals surface area contributed by atoms with E-state index in [0.717, 1.165) is 11.3 Å². The summed E-state index contributed by atoms with van der Waals surface area (Å²) in [5.74, 6) is 0.917. The maximum atomic E-state index is 12.0. The fraction of sp³-hybridized carbons (Fsp3) is 0.167. The molecule has 3 aromatic rings. The van der Waals surface area contributed by atoms with Crippen molar-refractivity contribution in [3.63, 3.8) is 0 Å². The van der Waals surface area contributed by atoms with Gasteiger partial charge in [0.1, 0.15) is 18.7 Å². The number of benzene rings is 2. The predicted molar refractivity (Wildman–Crippen MR) is 91.0 cm³/mol. The van der Waals surface area contributed by atoms with Crippen LogP contribution in [0.5, 0.6) is 5.75 Å². The highest BCUT2D eigenvalue weighted by molar-refractivity contribution is 6.03. The third-order valence-corrected chi connectivity index (χ3v) is 3.75. The first-order valence-corrected chi connectivity index (χ1v) is 7.57. The summed E-state index contributed by atoms with van der Waals surface area (Å²) in [5, 5.41) is 8.89. The number of aryl methyl sites for hydroxylation is 2. The molecule has 122 valence electrons. The summed E-state index contributed by atoms with van der Waals surface area (Å²) < 4.78 is 5.79. The van der Waals surface area contributed by atoms with Crippen LogP contribution in [-0.4, -0.2) is 21.1 Å². The number of carbonyl (C=O) groups excluding carboxylic acids is 1. The van der Waals surface area contributed by atoms with E-state index in [1.807, 2.05) is 30.3 Å². The zero-order chi connectivity index (χ0) is 16.9. The summed E-state index contributed by atoms with van der Waals surface area (Å²) in [4.78, 5) is 15.9. The van der Waals surface area contributed by atoms with Crippen LogP contribution in [0, 0.1) is 13.8 Å². The zero-order valence-corrected chi connectivity index (χ0v) is 13.5. The number of anilines is 1. The lowest BCUT2D eigenvalue weighted by Gasteiger charge is -2.09. The summed E-state index contributed by atoms with van der Waals surface area (Å²) in [6, 6.07) is 13.3. The van der Waals surface area contributed by atoms with Crippen LogP contribution in [0.15, 0.2) is 48.8 Å². The standard InChI is InChI=1S/C18H18N4O2/c1-12-3-8-16(9-13(12)2)24-10-14-4-6-15(7-5-14)17(23)21-18-19-11-20-22-18/h3-9,11H,10H2,1-2H3,(H2,19,20,21,22,23). The summed E-state index contributed by atoms with van der Waals surface area (Å²) >= 11 is 0. The van der Waals surface area contributed by atoms with Gasteiger partial charge in [-0.15, -0.1) is 0 Å². The Morgan fingerprint density at radius 3 is 2.58 bits per heavy atom. The molecule has 1 heterocycles. The normalized spacial score (nSPS) is 10.4. The van der Waals surface area contributed by atoms with Crippen molar-refractivity contribution in [2.75, 3.05) is 5.32 Å². The van der Waals surface area contributed by atoms with Crippen molar-refractivity contribution in [2.24, 2.45) is 0 Å². The van der Waals surface area contributed by atoms with Gasteiger partial charge in [-0.05, 0) is 54.8 Å². The molecule has 0 aliphatic rings. The van der Waals surface area contributed by atoms with Gasteiger partial charge in [0.05, 0.1) is 0 Å². The van der Waals surface area contributed by atoms with Gasteiger partial charge in [-0.25, -0.2) is 5.10 Å². The van der Waals surface area contributed by atoms with Crippen LogP contribution >= 0.6 is 0 Å². The third kappa shape index (κ3) is 3.78. The van der Waals surface area contributed by atoms with E-state index in [0.29, 0.717) is 18.1 Å². The predicted octanol–water partition coefficient (Wildman–Crippen LogP) is 3.25. The van der Waals surface area contributed by atoms with Gasteiger partial charge < -0.3 is 4.74 Å². The molecule has 0 atom stereocenters. The first-order valence-electron chi connectivity index (χ1n) is 7.57. The molecule has 2 aromatic carbocycles. The number of rotatable bonds is 5. The third-order valence-electron chi connectivity index (χ3n) is 3.75. The van der Waals surface area contributed by atoms with Gasteiger partial charge in [0.2, 0.25) is 5.95 Å². The summed E-state index contributed by atoms with van der Waals surface area (Å²) in [5.41, 5.74) is 3.97. The van der Waals surface area contributed by atoms with Gasteiger partial charge in [0.25, 0.3) is 5.91 Å². The molecule has 0 saturated heterocycles. The van der Waals surface area contributed by atoms with Crippen molar-refractivity contribution in [1.82, 2.24) is 15.2 Å². The highest BCUT2D eigenvalue weighted by Crippen LogP contribution is 2.18. The lowest BCUT2D eigenvalue weighted by Crippen LogP contribution is -2.13. The molecule has 0 radical (unpaired) electrons. The maximum Gasteiger partial charge on any atom is 0.258 e. The van der Waals surface area contributed by atoms with E-state index in [1.165, 1.54) is 17.5 Å². The van der Waals surface area contributed by atoms with Crippen LogP contribution in [0.25, 0.3) is 0 Å². The van der Waals surface area contributed by atoms with E-state index in [9.17, 15) is 4.79 Å². The monoisotopic (exact) mass is 322 g/mol. The molecule has 0 bridgehead atoms. The lowest BCUT2D eigenvalue weighted by atomic mass is 10.1. The van der Waals surface area contributed by atoms with E-state index in [-0.39, 0.29) is 5.91 Å². The summed E-state index contributed by atoms with van der Waals surface area (Å²) in [6.45, 7) is 4.58. The number of nitrogens with zero attached hydrogens (tertiary/aromatic N) is 2.